The van der Waals surface area contributed by atoms with Crippen LogP contribution in [0.2, 0.25) is 0 Å². The lowest BCUT2D eigenvalue weighted by atomic mass is 10.1. The van der Waals surface area contributed by atoms with Gasteiger partial charge in [-0.2, -0.15) is 0 Å². The van der Waals surface area contributed by atoms with Crippen molar-refractivity contribution in [3.05, 3.63) is 182 Å². The summed E-state index contributed by atoms with van der Waals surface area (Å²) in [6.07, 6.45) is 14.0. The highest BCUT2D eigenvalue weighted by molar-refractivity contribution is 7.97. The standard InChI is InChI=1S/C48H34N2P2S3/c1-51(33-19-7-3-8-20-33,34-21-9-4-10-22-34)47-39-29-17-15-27-37(39)43(54-47)45-41-42(50-32-31-49-41)46(53-45)44-38-28-16-18-30-40(38)48(55-44)52(2,35-23-11-5-12-24-35)36-25-13-6-14-26-36/h3-32H,1-2H2. The smallest absolute Gasteiger partial charge is 0.109 e. The molecule has 0 spiro atoms. The van der Waals surface area contributed by atoms with Crippen molar-refractivity contribution in [2.24, 2.45) is 0 Å². The zero-order chi connectivity index (χ0) is 37.0. The third-order valence-corrected chi connectivity index (χ3v) is 23.0. The summed E-state index contributed by atoms with van der Waals surface area (Å²) in [6.45, 7) is -4.51. The minimum absolute atomic E-state index is 0.939. The monoisotopic (exact) mass is 796 g/mol. The second-order valence-electron chi connectivity index (χ2n) is 13.5. The molecule has 2 nitrogen and oxygen atoms in total. The van der Waals surface area contributed by atoms with E-state index in [-0.39, 0.29) is 0 Å². The van der Waals surface area contributed by atoms with E-state index in [9.17, 15) is 0 Å². The molecule has 4 heterocycles. The van der Waals surface area contributed by atoms with E-state index in [1.54, 1.807) is 0 Å². The van der Waals surface area contributed by atoms with E-state index in [1.165, 1.54) is 61.8 Å². The molecule has 55 heavy (non-hydrogen) atoms. The molecule has 10 rings (SSSR count). The van der Waals surface area contributed by atoms with Gasteiger partial charge in [0.25, 0.3) is 0 Å². The van der Waals surface area contributed by atoms with Gasteiger partial charge in [-0.15, -0.1) is 34.0 Å². The van der Waals surface area contributed by atoms with E-state index in [1.807, 2.05) is 46.4 Å². The Bertz CT molecular complexity index is 2800. The first-order chi connectivity index (χ1) is 27.1. The Kier molecular flexibility index (Phi) is 8.67. The minimum atomic E-state index is -2.25. The van der Waals surface area contributed by atoms with Gasteiger partial charge >= 0.3 is 0 Å². The van der Waals surface area contributed by atoms with E-state index >= 15 is 0 Å². The van der Waals surface area contributed by atoms with Crippen LogP contribution in [0.1, 0.15) is 0 Å². The van der Waals surface area contributed by atoms with Gasteiger partial charge in [-0.1, -0.05) is 182 Å². The highest BCUT2D eigenvalue weighted by atomic mass is 32.1. The molecule has 0 aliphatic rings. The van der Waals surface area contributed by atoms with Crippen molar-refractivity contribution in [3.8, 4) is 19.5 Å². The normalized spacial score (nSPS) is 12.1. The summed E-state index contributed by atoms with van der Waals surface area (Å²) in [5.41, 5.74) is 1.88. The average Bonchev–Trinajstić information content (AvgIpc) is 3.97. The summed E-state index contributed by atoms with van der Waals surface area (Å²) < 4.78 is 2.65. The number of nitrogens with zero attached hydrogens (tertiary/aromatic N) is 2. The molecule has 0 N–H and O–H groups in total. The second-order valence-corrected chi connectivity index (χ2v) is 23.4. The van der Waals surface area contributed by atoms with Crippen LogP contribution in [0.25, 0.3) is 52.1 Å². The first-order valence-corrected chi connectivity index (χ1v) is 24.4. The van der Waals surface area contributed by atoms with Crippen molar-refractivity contribution in [1.82, 2.24) is 9.97 Å². The molecule has 0 amide bonds. The number of aromatic nitrogens is 2. The van der Waals surface area contributed by atoms with Crippen LogP contribution in [-0.2, 0) is 0 Å². The van der Waals surface area contributed by atoms with E-state index in [0.29, 0.717) is 0 Å². The summed E-state index contributed by atoms with van der Waals surface area (Å²) in [4.78, 5) is 14.9. The lowest BCUT2D eigenvalue weighted by Crippen LogP contribution is -2.23. The third kappa shape index (κ3) is 5.49. The van der Waals surface area contributed by atoms with Crippen molar-refractivity contribution in [3.63, 3.8) is 0 Å². The number of thiophene rings is 3. The fourth-order valence-electron chi connectivity index (χ4n) is 7.73. The van der Waals surface area contributed by atoms with Crippen LogP contribution in [0, 0.1) is 0 Å². The molecule has 4 aromatic heterocycles. The number of fused-ring (bicyclic) bond motifs is 3. The zero-order valence-electron chi connectivity index (χ0n) is 29.7. The molecule has 10 aromatic rings. The Hall–Kier alpha value is -5.12. The summed E-state index contributed by atoms with van der Waals surface area (Å²) in [5.74, 6) is 0. The molecule has 264 valence electrons. The van der Waals surface area contributed by atoms with Gasteiger partial charge in [0.1, 0.15) is 11.0 Å². The second kappa shape index (κ2) is 13.9. The van der Waals surface area contributed by atoms with Gasteiger partial charge in [-0.05, 0) is 35.0 Å². The SMILES string of the molecule is C=P(c1ccccc1)(c1ccccc1)c1sc(-c2sc(-c3sc(P(=C)(c4ccccc4)c4ccccc4)c4ccccc34)c3nccnc23)c2ccccc12. The fraction of sp³-hybridized carbons (Fsp3) is 0. The topological polar surface area (TPSA) is 25.8 Å². The molecular formula is C48H34N2P2S3. The van der Waals surface area contributed by atoms with Gasteiger partial charge < -0.3 is 0 Å². The quantitative estimate of drug-likeness (QED) is 0.143. The van der Waals surface area contributed by atoms with Crippen LogP contribution in [-0.4, -0.2) is 22.6 Å². The van der Waals surface area contributed by atoms with Gasteiger partial charge in [0, 0.05) is 43.2 Å². The maximum absolute atomic E-state index is 5.16. The number of benzene rings is 6. The predicted octanol–water partition coefficient (Wildman–Crippen LogP) is 10.9. The first kappa shape index (κ1) is 34.4. The van der Waals surface area contributed by atoms with E-state index in [0.717, 1.165) is 20.8 Å². The Morgan fingerprint density at radius 2 is 0.618 bits per heavy atom. The molecule has 0 aliphatic heterocycles. The van der Waals surface area contributed by atoms with Crippen molar-refractivity contribution in [2.45, 2.75) is 0 Å². The van der Waals surface area contributed by atoms with E-state index in [4.69, 9.17) is 22.6 Å². The molecule has 0 atom stereocenters. The number of hydrogen-bond acceptors (Lipinski definition) is 5. The Labute approximate surface area is 333 Å². The number of rotatable bonds is 8. The predicted molar refractivity (Wildman–Crippen MR) is 251 cm³/mol. The molecule has 6 aromatic carbocycles. The van der Waals surface area contributed by atoms with Crippen molar-refractivity contribution >= 4 is 123 Å². The molecule has 0 fully saturated rings. The molecular weight excluding hydrogens is 763 g/mol. The maximum Gasteiger partial charge on any atom is 0.109 e. The first-order valence-electron chi connectivity index (χ1n) is 18.0. The van der Waals surface area contributed by atoms with Gasteiger partial charge in [0.15, 0.2) is 0 Å². The third-order valence-electron chi connectivity index (χ3n) is 10.4. The molecule has 0 saturated heterocycles. The van der Waals surface area contributed by atoms with Crippen LogP contribution in [0.5, 0.6) is 0 Å². The zero-order valence-corrected chi connectivity index (χ0v) is 34.0. The summed E-state index contributed by atoms with van der Waals surface area (Å²) >= 11 is 5.58. The Morgan fingerprint density at radius 3 is 0.945 bits per heavy atom. The molecule has 0 unspecified atom stereocenters. The molecule has 7 heteroatoms. The largest absolute Gasteiger partial charge is 0.251 e. The van der Waals surface area contributed by atoms with Crippen LogP contribution in [0.4, 0.5) is 0 Å². The number of hydrogen-bond donors (Lipinski definition) is 0. The Balaban J connectivity index is 1.23. The van der Waals surface area contributed by atoms with Crippen molar-refractivity contribution in [2.75, 3.05) is 0 Å². The van der Waals surface area contributed by atoms with Gasteiger partial charge in [-0.25, -0.2) is 0 Å². The average molecular weight is 797 g/mol. The molecule has 0 radical (unpaired) electrons. The van der Waals surface area contributed by atoms with Crippen LogP contribution >= 0.6 is 47.8 Å². The van der Waals surface area contributed by atoms with Crippen molar-refractivity contribution < 1.29 is 0 Å². The van der Waals surface area contributed by atoms with Gasteiger partial charge in [0.2, 0.25) is 0 Å². The highest BCUT2D eigenvalue weighted by Crippen LogP contribution is 2.55. The minimum Gasteiger partial charge on any atom is -0.251 e. The Morgan fingerprint density at radius 1 is 0.327 bits per heavy atom. The van der Waals surface area contributed by atoms with Crippen LogP contribution in [0.3, 0.4) is 0 Å². The molecule has 0 aliphatic carbocycles. The lowest BCUT2D eigenvalue weighted by molar-refractivity contribution is 1.31. The van der Waals surface area contributed by atoms with Crippen LogP contribution < -0.4 is 30.5 Å². The molecule has 0 saturated carbocycles. The molecule has 0 bridgehead atoms. The van der Waals surface area contributed by atoms with Crippen LogP contribution in [0.15, 0.2) is 182 Å². The highest BCUT2D eigenvalue weighted by Gasteiger charge is 2.32. The van der Waals surface area contributed by atoms with Gasteiger partial charge in [0.05, 0.1) is 19.5 Å². The summed E-state index contributed by atoms with van der Waals surface area (Å²) in [6, 6.07) is 61.2. The summed E-state index contributed by atoms with van der Waals surface area (Å²) in [5, 5.41) is 10.1. The fourth-order valence-corrected chi connectivity index (χ4v) is 19.8. The lowest BCUT2D eigenvalue weighted by Gasteiger charge is -2.25. The van der Waals surface area contributed by atoms with E-state index < -0.39 is 13.8 Å². The maximum atomic E-state index is 5.16. The van der Waals surface area contributed by atoms with Gasteiger partial charge in [-0.3, -0.25) is 9.97 Å². The van der Waals surface area contributed by atoms with Crippen molar-refractivity contribution in [1.29, 1.82) is 0 Å². The van der Waals surface area contributed by atoms with E-state index in [2.05, 4.69) is 170 Å². The summed E-state index contributed by atoms with van der Waals surface area (Å²) in [7, 11) is 0.